The smallest absolute Gasteiger partial charge is 0.426 e. The lowest BCUT2D eigenvalue weighted by molar-refractivity contribution is -0.121. The number of amides is 2. The monoisotopic (exact) mass is 280 g/mol. The Balaban J connectivity index is 2.28. The fraction of sp³-hybridized carbons (Fsp3) is 0.429. The van der Waals surface area contributed by atoms with Gasteiger partial charge in [-0.1, -0.05) is 12.1 Å². The minimum Gasteiger partial charge on any atom is -0.494 e. The number of nitrogens with one attached hydrogen (secondary N) is 2. The summed E-state index contributed by atoms with van der Waals surface area (Å²) in [5, 5.41) is 0. The number of aryl methyl sites for hydroxylation is 1. The van der Waals surface area contributed by atoms with Crippen LogP contribution in [-0.4, -0.2) is 25.2 Å². The first-order chi connectivity index (χ1) is 9.65. The van der Waals surface area contributed by atoms with Gasteiger partial charge < -0.3 is 9.47 Å². The van der Waals surface area contributed by atoms with Gasteiger partial charge in [-0.25, -0.2) is 10.2 Å². The summed E-state index contributed by atoms with van der Waals surface area (Å²) in [5.41, 5.74) is 5.47. The van der Waals surface area contributed by atoms with Gasteiger partial charge in [0.05, 0.1) is 13.2 Å². The number of hydrazine groups is 1. The molecule has 0 unspecified atom stereocenters. The van der Waals surface area contributed by atoms with Crippen LogP contribution in [0.4, 0.5) is 4.79 Å². The molecule has 1 aromatic carbocycles. The van der Waals surface area contributed by atoms with Gasteiger partial charge in [0.15, 0.2) is 0 Å². The van der Waals surface area contributed by atoms with Gasteiger partial charge in [-0.3, -0.25) is 10.2 Å². The third kappa shape index (κ3) is 6.08. The first-order valence-corrected chi connectivity index (χ1v) is 6.59. The summed E-state index contributed by atoms with van der Waals surface area (Å²) in [6.07, 6.45) is 0.199. The van der Waals surface area contributed by atoms with Crippen molar-refractivity contribution in [2.75, 3.05) is 13.2 Å². The second kappa shape index (κ2) is 8.79. The van der Waals surface area contributed by atoms with Gasteiger partial charge in [0.1, 0.15) is 5.75 Å². The van der Waals surface area contributed by atoms with Crippen molar-refractivity contribution in [3.05, 3.63) is 29.8 Å². The Hall–Kier alpha value is -2.24. The van der Waals surface area contributed by atoms with Crippen LogP contribution >= 0.6 is 0 Å². The van der Waals surface area contributed by atoms with Crippen molar-refractivity contribution in [3.63, 3.8) is 0 Å². The number of carbonyl (C=O) groups is 2. The molecule has 0 saturated carbocycles. The third-order valence-corrected chi connectivity index (χ3v) is 2.45. The van der Waals surface area contributed by atoms with Crippen molar-refractivity contribution < 1.29 is 19.1 Å². The molecule has 20 heavy (non-hydrogen) atoms. The quantitative estimate of drug-likeness (QED) is 0.779. The predicted molar refractivity (Wildman–Crippen MR) is 74.2 cm³/mol. The second-order valence-electron chi connectivity index (χ2n) is 3.97. The molecule has 0 spiro atoms. The van der Waals surface area contributed by atoms with E-state index in [4.69, 9.17) is 4.74 Å². The normalized spacial score (nSPS) is 9.70. The van der Waals surface area contributed by atoms with Gasteiger partial charge in [-0.05, 0) is 38.0 Å². The molecule has 110 valence electrons. The minimum absolute atomic E-state index is 0.258. The van der Waals surface area contributed by atoms with Crippen molar-refractivity contribution in [1.82, 2.24) is 10.9 Å². The van der Waals surface area contributed by atoms with E-state index in [-0.39, 0.29) is 18.9 Å². The fourth-order valence-electron chi connectivity index (χ4n) is 1.53. The van der Waals surface area contributed by atoms with Crippen molar-refractivity contribution in [1.29, 1.82) is 0 Å². The Morgan fingerprint density at radius 1 is 1.05 bits per heavy atom. The predicted octanol–water partition coefficient (Wildman–Crippen LogP) is 1.80. The van der Waals surface area contributed by atoms with Crippen LogP contribution in [-0.2, 0) is 16.0 Å². The number of benzene rings is 1. The van der Waals surface area contributed by atoms with Crippen LogP contribution in [0.15, 0.2) is 24.3 Å². The van der Waals surface area contributed by atoms with E-state index in [0.29, 0.717) is 13.0 Å². The highest BCUT2D eigenvalue weighted by Gasteiger charge is 2.05. The van der Waals surface area contributed by atoms with Crippen LogP contribution in [0, 0.1) is 0 Å². The zero-order chi connectivity index (χ0) is 14.8. The largest absolute Gasteiger partial charge is 0.494 e. The highest BCUT2D eigenvalue weighted by atomic mass is 16.6. The molecule has 0 aliphatic heterocycles. The third-order valence-electron chi connectivity index (χ3n) is 2.45. The van der Waals surface area contributed by atoms with Gasteiger partial charge in [-0.15, -0.1) is 0 Å². The molecule has 2 amide bonds. The molecule has 2 N–H and O–H groups in total. The van der Waals surface area contributed by atoms with Crippen LogP contribution < -0.4 is 15.6 Å². The SMILES string of the molecule is CCOC(=O)NNC(=O)CCc1ccc(OCC)cc1. The topological polar surface area (TPSA) is 76.7 Å². The van der Waals surface area contributed by atoms with Crippen LogP contribution in [0.5, 0.6) is 5.75 Å². The number of rotatable bonds is 6. The molecule has 0 aliphatic carbocycles. The molecule has 0 heterocycles. The van der Waals surface area contributed by atoms with E-state index in [9.17, 15) is 9.59 Å². The summed E-state index contributed by atoms with van der Waals surface area (Å²) in [4.78, 5) is 22.4. The summed E-state index contributed by atoms with van der Waals surface area (Å²) < 4.78 is 9.95. The number of hydrogen-bond donors (Lipinski definition) is 2. The average Bonchev–Trinajstić information content (AvgIpc) is 2.45. The first kappa shape index (κ1) is 15.8. The van der Waals surface area contributed by atoms with E-state index in [2.05, 4.69) is 15.6 Å². The summed E-state index contributed by atoms with van der Waals surface area (Å²) >= 11 is 0. The molecule has 0 fully saturated rings. The van der Waals surface area contributed by atoms with E-state index >= 15 is 0 Å². The molecule has 0 radical (unpaired) electrons. The molecule has 6 heteroatoms. The highest BCUT2D eigenvalue weighted by Crippen LogP contribution is 2.13. The Morgan fingerprint density at radius 3 is 2.35 bits per heavy atom. The Kier molecular flexibility index (Phi) is 6.95. The highest BCUT2D eigenvalue weighted by molar-refractivity contribution is 5.79. The Morgan fingerprint density at radius 2 is 1.75 bits per heavy atom. The molecule has 0 aliphatic rings. The van der Waals surface area contributed by atoms with Crippen molar-refractivity contribution >= 4 is 12.0 Å². The minimum atomic E-state index is -0.665. The van der Waals surface area contributed by atoms with Crippen LogP contribution in [0.25, 0.3) is 0 Å². The molecule has 6 nitrogen and oxygen atoms in total. The van der Waals surface area contributed by atoms with E-state index < -0.39 is 6.09 Å². The van der Waals surface area contributed by atoms with Crippen molar-refractivity contribution in [3.8, 4) is 5.75 Å². The fourth-order valence-corrected chi connectivity index (χ4v) is 1.53. The molecule has 0 bridgehead atoms. The van der Waals surface area contributed by atoms with E-state index in [1.165, 1.54) is 0 Å². The maximum absolute atomic E-state index is 11.5. The average molecular weight is 280 g/mol. The number of carbonyl (C=O) groups excluding carboxylic acids is 2. The summed E-state index contributed by atoms with van der Waals surface area (Å²) in [6, 6.07) is 7.56. The Labute approximate surface area is 118 Å². The van der Waals surface area contributed by atoms with Crippen molar-refractivity contribution in [2.24, 2.45) is 0 Å². The lowest BCUT2D eigenvalue weighted by Gasteiger charge is -2.07. The van der Waals surface area contributed by atoms with E-state index in [0.717, 1.165) is 11.3 Å². The lowest BCUT2D eigenvalue weighted by Crippen LogP contribution is -2.42. The van der Waals surface area contributed by atoms with E-state index in [1.54, 1.807) is 6.92 Å². The van der Waals surface area contributed by atoms with Gasteiger partial charge in [0, 0.05) is 6.42 Å². The molecule has 1 rings (SSSR count). The molecular weight excluding hydrogens is 260 g/mol. The van der Waals surface area contributed by atoms with Gasteiger partial charge >= 0.3 is 6.09 Å². The van der Waals surface area contributed by atoms with Gasteiger partial charge in [-0.2, -0.15) is 0 Å². The lowest BCUT2D eigenvalue weighted by atomic mass is 10.1. The number of ether oxygens (including phenoxy) is 2. The number of hydrogen-bond acceptors (Lipinski definition) is 4. The molecular formula is C14H20N2O4. The second-order valence-corrected chi connectivity index (χ2v) is 3.97. The van der Waals surface area contributed by atoms with E-state index in [1.807, 2.05) is 31.2 Å². The summed E-state index contributed by atoms with van der Waals surface area (Å²) in [6.45, 7) is 4.50. The van der Waals surface area contributed by atoms with Crippen molar-refractivity contribution in [2.45, 2.75) is 26.7 Å². The standard InChI is InChI=1S/C14H20N2O4/c1-3-19-12-8-5-11(6-9-12)7-10-13(17)15-16-14(18)20-4-2/h5-6,8-9H,3-4,7,10H2,1-2H3,(H,15,17)(H,16,18). The first-order valence-electron chi connectivity index (χ1n) is 6.59. The zero-order valence-corrected chi connectivity index (χ0v) is 11.8. The summed E-state index contributed by atoms with van der Waals surface area (Å²) in [7, 11) is 0. The molecule has 1 aromatic rings. The van der Waals surface area contributed by atoms with Crippen LogP contribution in [0.3, 0.4) is 0 Å². The Bertz CT molecular complexity index is 431. The maximum Gasteiger partial charge on any atom is 0.426 e. The van der Waals surface area contributed by atoms with Gasteiger partial charge in [0.25, 0.3) is 0 Å². The van der Waals surface area contributed by atoms with Crippen LogP contribution in [0.2, 0.25) is 0 Å². The van der Waals surface area contributed by atoms with Gasteiger partial charge in [0.2, 0.25) is 5.91 Å². The maximum atomic E-state index is 11.5. The van der Waals surface area contributed by atoms with Crippen LogP contribution in [0.1, 0.15) is 25.8 Å². The zero-order valence-electron chi connectivity index (χ0n) is 11.8. The summed E-state index contributed by atoms with van der Waals surface area (Å²) in [5.74, 6) is 0.539. The molecule has 0 aromatic heterocycles. The molecule has 0 saturated heterocycles. The molecule has 0 atom stereocenters.